The second-order valence-electron chi connectivity index (χ2n) is 7.41. The zero-order valence-electron chi connectivity index (χ0n) is 16.2. The molecule has 1 fully saturated rings. The third kappa shape index (κ3) is 4.39. The lowest BCUT2D eigenvalue weighted by Gasteiger charge is -2.30. The van der Waals surface area contributed by atoms with Gasteiger partial charge in [-0.1, -0.05) is 17.7 Å². The Morgan fingerprint density at radius 3 is 2.75 bits per heavy atom. The molecule has 3 rings (SSSR count). The third-order valence-corrected chi connectivity index (χ3v) is 7.13. The second-order valence-corrected chi connectivity index (χ2v) is 9.70. The van der Waals surface area contributed by atoms with Crippen LogP contribution in [-0.2, 0) is 14.8 Å². The van der Waals surface area contributed by atoms with Crippen molar-refractivity contribution >= 4 is 33.2 Å². The minimum Gasteiger partial charge on any atom is -0.334 e. The third-order valence-electron chi connectivity index (χ3n) is 4.97. The van der Waals surface area contributed by atoms with Crippen LogP contribution in [0.15, 0.2) is 35.7 Å². The van der Waals surface area contributed by atoms with Crippen LogP contribution in [-0.4, -0.2) is 41.3 Å². The molecule has 2 heterocycles. The molecule has 0 spiro atoms. The molecule has 9 heteroatoms. The number of halogens is 1. The minimum atomic E-state index is -3.73. The predicted octanol–water partition coefficient (Wildman–Crippen LogP) is 3.47. The van der Waals surface area contributed by atoms with Gasteiger partial charge in [-0.2, -0.15) is 4.31 Å². The number of carbonyl (C=O) groups is 1. The molecule has 1 N–H and O–H groups in total. The van der Waals surface area contributed by atoms with E-state index >= 15 is 0 Å². The number of benzene rings is 1. The first-order valence-corrected chi connectivity index (χ1v) is 11.1. The van der Waals surface area contributed by atoms with Crippen molar-refractivity contribution in [2.75, 3.05) is 18.4 Å². The molecule has 0 bridgehead atoms. The van der Waals surface area contributed by atoms with Crippen molar-refractivity contribution in [1.82, 2.24) is 13.9 Å². The fourth-order valence-corrected chi connectivity index (χ4v) is 4.78. The molecular formula is C19H25ClN4O3S. The number of imidazole rings is 1. The molecule has 28 heavy (non-hydrogen) atoms. The number of amides is 1. The molecule has 152 valence electrons. The summed E-state index contributed by atoms with van der Waals surface area (Å²) in [5, 5.41) is 3.44. The molecule has 0 unspecified atom stereocenters. The molecule has 2 aromatic rings. The molecule has 1 aromatic heterocycles. The fourth-order valence-electron chi connectivity index (χ4n) is 3.16. The Hall–Kier alpha value is -1.90. The molecule has 0 saturated carbocycles. The summed E-state index contributed by atoms with van der Waals surface area (Å²) in [5.41, 5.74) is 1.53. The average Bonchev–Trinajstić information content (AvgIpc) is 3.16. The van der Waals surface area contributed by atoms with Crippen molar-refractivity contribution in [3.05, 3.63) is 41.3 Å². The van der Waals surface area contributed by atoms with Crippen LogP contribution in [0.2, 0.25) is 5.02 Å². The SMILES string of the molecule is Cc1ccc(NC(=O)[C@H]2CCCN(S(=O)(=O)c3cn(C(C)C)cn3)C2)cc1Cl. The van der Waals surface area contributed by atoms with Gasteiger partial charge in [0.25, 0.3) is 10.0 Å². The van der Waals surface area contributed by atoms with Gasteiger partial charge in [0.2, 0.25) is 5.91 Å². The minimum absolute atomic E-state index is 0.0209. The molecule has 1 saturated heterocycles. The Balaban J connectivity index is 1.71. The number of aryl methyl sites for hydroxylation is 1. The highest BCUT2D eigenvalue weighted by Gasteiger charge is 2.34. The molecule has 1 atom stereocenters. The smallest absolute Gasteiger partial charge is 0.262 e. The van der Waals surface area contributed by atoms with Crippen LogP contribution in [0, 0.1) is 12.8 Å². The highest BCUT2D eigenvalue weighted by Crippen LogP contribution is 2.26. The van der Waals surface area contributed by atoms with E-state index in [1.807, 2.05) is 26.8 Å². The summed E-state index contributed by atoms with van der Waals surface area (Å²) in [6.45, 7) is 6.32. The van der Waals surface area contributed by atoms with Gasteiger partial charge in [-0.3, -0.25) is 4.79 Å². The number of hydrogen-bond acceptors (Lipinski definition) is 4. The summed E-state index contributed by atoms with van der Waals surface area (Å²) >= 11 is 6.11. The summed E-state index contributed by atoms with van der Waals surface area (Å²) in [4.78, 5) is 16.7. The van der Waals surface area contributed by atoms with E-state index in [9.17, 15) is 13.2 Å². The van der Waals surface area contributed by atoms with E-state index in [1.165, 1.54) is 16.8 Å². The number of aromatic nitrogens is 2. The first-order chi connectivity index (χ1) is 13.2. The Morgan fingerprint density at radius 2 is 2.11 bits per heavy atom. The molecule has 0 aliphatic carbocycles. The van der Waals surface area contributed by atoms with E-state index in [0.717, 1.165) is 5.56 Å². The first-order valence-electron chi connectivity index (χ1n) is 9.29. The highest BCUT2D eigenvalue weighted by molar-refractivity contribution is 7.89. The molecule has 1 aliphatic rings. The average molecular weight is 425 g/mol. The number of carbonyl (C=O) groups excluding carboxylic acids is 1. The van der Waals surface area contributed by atoms with Crippen LogP contribution in [0.5, 0.6) is 0 Å². The quantitative estimate of drug-likeness (QED) is 0.796. The van der Waals surface area contributed by atoms with Crippen molar-refractivity contribution in [3.63, 3.8) is 0 Å². The molecule has 1 aliphatic heterocycles. The molecule has 0 radical (unpaired) electrons. The van der Waals surface area contributed by atoms with Gasteiger partial charge in [-0.25, -0.2) is 13.4 Å². The molecule has 1 aromatic carbocycles. The topological polar surface area (TPSA) is 84.3 Å². The lowest BCUT2D eigenvalue weighted by molar-refractivity contribution is -0.120. The first kappa shape index (κ1) is 20.8. The van der Waals surface area contributed by atoms with Crippen molar-refractivity contribution in [3.8, 4) is 0 Å². The van der Waals surface area contributed by atoms with E-state index in [4.69, 9.17) is 11.6 Å². The van der Waals surface area contributed by atoms with Crippen molar-refractivity contribution < 1.29 is 13.2 Å². The summed E-state index contributed by atoms with van der Waals surface area (Å²) in [6.07, 6.45) is 4.32. The Kier molecular flexibility index (Phi) is 6.12. The highest BCUT2D eigenvalue weighted by atomic mass is 35.5. The molecule has 7 nitrogen and oxygen atoms in total. The van der Waals surface area contributed by atoms with E-state index in [1.54, 1.807) is 16.7 Å². The number of anilines is 1. The van der Waals surface area contributed by atoms with Crippen molar-refractivity contribution in [1.29, 1.82) is 0 Å². The van der Waals surface area contributed by atoms with Crippen LogP contribution in [0.3, 0.4) is 0 Å². The number of rotatable bonds is 5. The summed E-state index contributed by atoms with van der Waals surface area (Å²) < 4.78 is 29.0. The van der Waals surface area contributed by atoms with Crippen LogP contribution in [0.1, 0.15) is 38.3 Å². The van der Waals surface area contributed by atoms with E-state index in [0.29, 0.717) is 30.1 Å². The van der Waals surface area contributed by atoms with Gasteiger partial charge < -0.3 is 9.88 Å². The van der Waals surface area contributed by atoms with Crippen LogP contribution < -0.4 is 5.32 Å². The van der Waals surface area contributed by atoms with Gasteiger partial charge in [0.15, 0.2) is 5.03 Å². The fraction of sp³-hybridized carbons (Fsp3) is 0.474. The lowest BCUT2D eigenvalue weighted by atomic mass is 9.98. The monoisotopic (exact) mass is 424 g/mol. The van der Waals surface area contributed by atoms with Crippen molar-refractivity contribution in [2.45, 2.75) is 44.7 Å². The van der Waals surface area contributed by atoms with Gasteiger partial charge in [-0.05, 0) is 51.3 Å². The second kappa shape index (κ2) is 8.23. The maximum absolute atomic E-state index is 12.9. The van der Waals surface area contributed by atoms with Gasteiger partial charge in [0.05, 0.1) is 12.2 Å². The normalized spacial score (nSPS) is 18.4. The van der Waals surface area contributed by atoms with Crippen LogP contribution in [0.25, 0.3) is 0 Å². The Labute approximate surface area is 170 Å². The summed E-state index contributed by atoms with van der Waals surface area (Å²) in [5.74, 6) is -0.622. The van der Waals surface area contributed by atoms with Crippen LogP contribution >= 0.6 is 11.6 Å². The van der Waals surface area contributed by atoms with Gasteiger partial charge >= 0.3 is 0 Å². The van der Waals surface area contributed by atoms with Gasteiger partial charge in [0, 0.05) is 36.0 Å². The number of sulfonamides is 1. The van der Waals surface area contributed by atoms with E-state index < -0.39 is 15.9 Å². The van der Waals surface area contributed by atoms with Gasteiger partial charge in [-0.15, -0.1) is 0 Å². The van der Waals surface area contributed by atoms with Crippen LogP contribution in [0.4, 0.5) is 5.69 Å². The van der Waals surface area contributed by atoms with E-state index in [-0.39, 0.29) is 23.5 Å². The maximum Gasteiger partial charge on any atom is 0.262 e. The zero-order chi connectivity index (χ0) is 20.5. The van der Waals surface area contributed by atoms with Gasteiger partial charge in [0.1, 0.15) is 0 Å². The predicted molar refractivity (Wildman–Crippen MR) is 109 cm³/mol. The Morgan fingerprint density at radius 1 is 1.36 bits per heavy atom. The molecule has 1 amide bonds. The largest absolute Gasteiger partial charge is 0.334 e. The molecular weight excluding hydrogens is 400 g/mol. The maximum atomic E-state index is 12.9. The summed E-state index contributed by atoms with van der Waals surface area (Å²) in [6, 6.07) is 5.44. The number of piperidine rings is 1. The van der Waals surface area contributed by atoms with Crippen molar-refractivity contribution in [2.24, 2.45) is 5.92 Å². The zero-order valence-corrected chi connectivity index (χ0v) is 17.8. The standard InChI is InChI=1S/C19H25ClN4O3S/c1-13(2)23-11-18(21-12-23)28(26,27)24-8-4-5-15(10-24)19(25)22-16-7-6-14(3)17(20)9-16/h6-7,9,11-13,15H,4-5,8,10H2,1-3H3,(H,22,25)/t15-/m0/s1. The lowest BCUT2D eigenvalue weighted by Crippen LogP contribution is -2.43. The summed E-state index contributed by atoms with van der Waals surface area (Å²) in [7, 11) is -3.73. The Bertz CT molecular complexity index is 971. The number of hydrogen-bond donors (Lipinski definition) is 1. The number of nitrogens with zero attached hydrogens (tertiary/aromatic N) is 3. The number of nitrogens with one attached hydrogen (secondary N) is 1. The van der Waals surface area contributed by atoms with E-state index in [2.05, 4.69) is 10.3 Å².